The Labute approximate surface area is 121 Å². The van der Waals surface area contributed by atoms with Crippen molar-refractivity contribution in [2.75, 3.05) is 6.61 Å². The molecule has 0 N–H and O–H groups in total. The fraction of sp³-hybridized carbons (Fsp3) is 0.938. The molecule has 0 rings (SSSR count). The van der Waals surface area contributed by atoms with Gasteiger partial charge < -0.3 is 4.74 Å². The largest absolute Gasteiger partial charge is 0.466 e. The first-order chi connectivity index (χ1) is 10.7. The van der Waals surface area contributed by atoms with Crippen molar-refractivity contribution in [1.82, 2.24) is 0 Å². The summed E-state index contributed by atoms with van der Waals surface area (Å²) in [5.74, 6) is -1.22. The van der Waals surface area contributed by atoms with Crippen LogP contribution >= 0.6 is 0 Å². The van der Waals surface area contributed by atoms with Crippen molar-refractivity contribution in [3.63, 3.8) is 0 Å². The van der Waals surface area contributed by atoms with E-state index in [-0.39, 0.29) is 13.0 Å². The number of carbonyl (C=O) groups is 1. The van der Waals surface area contributed by atoms with Gasteiger partial charge in [-0.05, 0) is 13.3 Å². The molecule has 0 fully saturated rings. The third-order valence-electron chi connectivity index (χ3n) is 2.75. The van der Waals surface area contributed by atoms with Crippen molar-refractivity contribution >= 4 is 5.97 Å². The quantitative estimate of drug-likeness (QED) is 0.334. The Hall–Kier alpha value is -0.530. The van der Waals surface area contributed by atoms with Crippen LogP contribution in [0.4, 0.5) is 0 Å². The van der Waals surface area contributed by atoms with Gasteiger partial charge in [0.05, 0.1) is 6.61 Å². The fourth-order valence-corrected chi connectivity index (χ4v) is 1.73. The number of carbonyl (C=O) groups excluding carboxylic acids is 1. The number of esters is 1. The Kier molecular flexibility index (Phi) is 8.30. The molecule has 0 radical (unpaired) electrons. The Bertz CT molecular complexity index is 334. The highest BCUT2D eigenvalue weighted by Gasteiger charge is 2.00. The van der Waals surface area contributed by atoms with E-state index in [9.17, 15) is 4.79 Å². The maximum Gasteiger partial charge on any atom is 0.305 e. The fourth-order valence-electron chi connectivity index (χ4n) is 1.73. The number of hydrogen-bond donors (Lipinski definition) is 0. The summed E-state index contributed by atoms with van der Waals surface area (Å²) in [6, 6.07) is 0. The second-order valence-electron chi connectivity index (χ2n) is 4.46. The van der Waals surface area contributed by atoms with Crippen molar-refractivity contribution in [1.29, 1.82) is 0 Å². The number of unbranched alkanes of at least 4 members (excludes halogenated alkanes) is 7. The van der Waals surface area contributed by atoms with Gasteiger partial charge in [0.1, 0.15) is 0 Å². The van der Waals surface area contributed by atoms with Gasteiger partial charge in [0.2, 0.25) is 0 Å². The number of hydrogen-bond acceptors (Lipinski definition) is 2. The van der Waals surface area contributed by atoms with E-state index < -0.39 is 25.1 Å². The van der Waals surface area contributed by atoms with Crippen molar-refractivity contribution in [3.8, 4) is 0 Å². The van der Waals surface area contributed by atoms with Gasteiger partial charge in [-0.2, -0.15) is 0 Å². The summed E-state index contributed by atoms with van der Waals surface area (Å²) in [7, 11) is 0. The van der Waals surface area contributed by atoms with Crippen molar-refractivity contribution in [2.24, 2.45) is 0 Å². The third kappa shape index (κ3) is 13.5. The molecular weight excluding hydrogens is 224 g/mol. The van der Waals surface area contributed by atoms with Crippen LogP contribution in [0.2, 0.25) is 0 Å². The van der Waals surface area contributed by atoms with Crippen molar-refractivity contribution in [2.45, 2.75) is 90.8 Å². The zero-order chi connectivity index (χ0) is 17.9. The maximum absolute atomic E-state index is 11.6. The molecule has 2 heteroatoms. The molecule has 2 nitrogen and oxygen atoms in total. The minimum atomic E-state index is -2.80. The summed E-state index contributed by atoms with van der Waals surface area (Å²) in [6.07, 6.45) is 2.38. The summed E-state index contributed by atoms with van der Waals surface area (Å²) in [5, 5.41) is 0. The van der Waals surface area contributed by atoms with E-state index in [2.05, 4.69) is 11.7 Å². The minimum Gasteiger partial charge on any atom is -0.466 e. The molecule has 0 aliphatic carbocycles. The van der Waals surface area contributed by atoms with Gasteiger partial charge in [-0.15, -0.1) is 0 Å². The second-order valence-corrected chi connectivity index (χ2v) is 4.46. The lowest BCUT2D eigenvalue weighted by Crippen LogP contribution is -2.03. The van der Waals surface area contributed by atoms with Crippen LogP contribution in [0.15, 0.2) is 0 Å². The molecule has 18 heavy (non-hydrogen) atoms. The van der Waals surface area contributed by atoms with Crippen LogP contribution < -0.4 is 0 Å². The zero-order valence-electron chi connectivity index (χ0n) is 17.0. The number of ether oxygens (including phenoxy) is 1. The average Bonchev–Trinajstić information content (AvgIpc) is 2.49. The lowest BCUT2D eigenvalue weighted by molar-refractivity contribution is -0.143. The summed E-state index contributed by atoms with van der Waals surface area (Å²) >= 11 is 0. The highest BCUT2D eigenvalue weighted by atomic mass is 16.5. The van der Waals surface area contributed by atoms with Crippen molar-refractivity contribution < 1.29 is 16.4 Å². The molecule has 0 bridgehead atoms. The second kappa shape index (κ2) is 14.5. The van der Waals surface area contributed by atoms with Crippen LogP contribution in [0.25, 0.3) is 0 Å². The highest BCUT2D eigenvalue weighted by Crippen LogP contribution is 2.11. The summed E-state index contributed by atoms with van der Waals surface area (Å²) in [4.78, 5) is 11.6. The predicted octanol–water partition coefficient (Wildman–Crippen LogP) is 5.25. The molecular formula is C16H32O2. The van der Waals surface area contributed by atoms with E-state index in [1.54, 1.807) is 6.92 Å². The van der Waals surface area contributed by atoms with Crippen molar-refractivity contribution in [3.05, 3.63) is 0 Å². The van der Waals surface area contributed by atoms with Gasteiger partial charge in [-0.3, -0.25) is 4.79 Å². The van der Waals surface area contributed by atoms with Gasteiger partial charge >= 0.3 is 5.97 Å². The standard InChI is InChI=1S/C16H32O2/c1-3-5-6-7-8-9-10-11-12-13-14-15-16(17)18-4-2/h3-15H2,1-2H3/i13D,14D2,15D2. The van der Waals surface area contributed by atoms with Crippen LogP contribution in [0.1, 0.15) is 97.6 Å². The van der Waals surface area contributed by atoms with E-state index in [1.165, 1.54) is 25.7 Å². The van der Waals surface area contributed by atoms with E-state index >= 15 is 0 Å². The van der Waals surface area contributed by atoms with E-state index in [0.717, 1.165) is 19.3 Å². The summed E-state index contributed by atoms with van der Waals surface area (Å²) in [5.41, 5.74) is 0. The molecule has 0 aliphatic rings. The average molecular weight is 261 g/mol. The van der Waals surface area contributed by atoms with Gasteiger partial charge in [0, 0.05) is 13.2 Å². The Morgan fingerprint density at radius 1 is 0.944 bits per heavy atom. The Morgan fingerprint density at radius 2 is 1.50 bits per heavy atom. The van der Waals surface area contributed by atoms with E-state index in [4.69, 9.17) is 6.85 Å². The topological polar surface area (TPSA) is 26.3 Å². The van der Waals surface area contributed by atoms with Crippen LogP contribution in [0.5, 0.6) is 0 Å². The highest BCUT2D eigenvalue weighted by molar-refractivity contribution is 5.69. The molecule has 0 aromatic carbocycles. The first kappa shape index (κ1) is 10.3. The normalized spacial score (nSPS) is 18.0. The van der Waals surface area contributed by atoms with E-state index in [1.807, 2.05) is 0 Å². The first-order valence-electron chi connectivity index (χ1n) is 9.89. The van der Waals surface area contributed by atoms with Crippen LogP contribution in [-0.2, 0) is 9.53 Å². The molecule has 0 heterocycles. The van der Waals surface area contributed by atoms with Gasteiger partial charge in [-0.1, -0.05) is 71.1 Å². The molecule has 0 spiro atoms. The molecule has 0 aromatic rings. The first-order valence-corrected chi connectivity index (χ1v) is 7.31. The monoisotopic (exact) mass is 261 g/mol. The lowest BCUT2D eigenvalue weighted by atomic mass is 10.1. The Morgan fingerprint density at radius 3 is 2.06 bits per heavy atom. The molecule has 0 aromatic heterocycles. The van der Waals surface area contributed by atoms with Crippen LogP contribution in [0.3, 0.4) is 0 Å². The Balaban J connectivity index is 4.17. The molecule has 1 unspecified atom stereocenters. The molecule has 0 aliphatic heterocycles. The maximum atomic E-state index is 11.6. The summed E-state index contributed by atoms with van der Waals surface area (Å²) in [6.45, 7) is 3.72. The third-order valence-corrected chi connectivity index (χ3v) is 2.75. The lowest BCUT2D eigenvalue weighted by Gasteiger charge is -2.03. The number of rotatable bonds is 13. The molecule has 0 saturated heterocycles. The molecule has 1 atom stereocenters. The molecule has 0 amide bonds. The van der Waals surface area contributed by atoms with Gasteiger partial charge in [0.25, 0.3) is 0 Å². The van der Waals surface area contributed by atoms with E-state index in [0.29, 0.717) is 6.42 Å². The van der Waals surface area contributed by atoms with Crippen LogP contribution in [0, 0.1) is 0 Å². The predicted molar refractivity (Wildman–Crippen MR) is 77.7 cm³/mol. The summed E-state index contributed by atoms with van der Waals surface area (Å²) < 4.78 is 43.5. The van der Waals surface area contributed by atoms with Gasteiger partial charge in [0.15, 0.2) is 0 Å². The van der Waals surface area contributed by atoms with Gasteiger partial charge in [-0.25, -0.2) is 0 Å². The minimum absolute atomic E-state index is 0.00484. The SMILES string of the molecule is [2H]C(CCCCCCCCCC)C([2H])([2H])C([2H])([2H])C(=O)OCC. The molecule has 108 valence electrons. The zero-order valence-corrected chi connectivity index (χ0v) is 12.0. The molecule has 0 saturated carbocycles. The van der Waals surface area contributed by atoms with Crippen LogP contribution in [-0.4, -0.2) is 12.6 Å². The smallest absolute Gasteiger partial charge is 0.305 e.